The lowest BCUT2D eigenvalue weighted by atomic mass is 10.1. The highest BCUT2D eigenvalue weighted by Gasteiger charge is 2.25. The Balaban J connectivity index is 2.89. The van der Waals surface area contributed by atoms with Gasteiger partial charge in [0.15, 0.2) is 0 Å². The Morgan fingerprint density at radius 3 is 2.59 bits per heavy atom. The van der Waals surface area contributed by atoms with Crippen LogP contribution in [0.1, 0.15) is 23.7 Å². The summed E-state index contributed by atoms with van der Waals surface area (Å²) in [4.78, 5) is 27.8. The average Bonchev–Trinajstić information content (AvgIpc) is 2.29. The summed E-state index contributed by atoms with van der Waals surface area (Å²) in [7, 11) is 1.46. The highest BCUT2D eigenvalue weighted by atomic mass is 35.5. The predicted molar refractivity (Wildman–Crippen MR) is 63.1 cm³/mol. The van der Waals surface area contributed by atoms with E-state index in [1.165, 1.54) is 30.3 Å². The largest absolute Gasteiger partial charge is 0.480 e. The second kappa shape index (κ2) is 5.63. The number of nitrogens with zero attached hydrogens (tertiary/aromatic N) is 2. The van der Waals surface area contributed by atoms with E-state index >= 15 is 0 Å². The zero-order valence-electron chi connectivity index (χ0n) is 9.55. The molecule has 0 aliphatic rings. The van der Waals surface area contributed by atoms with E-state index in [4.69, 9.17) is 16.7 Å². The maximum Gasteiger partial charge on any atom is 0.326 e. The van der Waals surface area contributed by atoms with Crippen molar-refractivity contribution in [1.29, 1.82) is 0 Å². The highest BCUT2D eigenvalue weighted by molar-refractivity contribution is 6.29. The Labute approximate surface area is 104 Å². The Morgan fingerprint density at radius 1 is 1.53 bits per heavy atom. The standard InChI is InChI=1S/C11H13ClN2O3/c1-3-8(11(16)17)14(2)10(15)7-4-5-9(12)13-6-7/h4-6,8H,3H2,1-2H3,(H,16,17). The molecule has 1 N–H and O–H groups in total. The van der Waals surface area contributed by atoms with Gasteiger partial charge < -0.3 is 10.0 Å². The third-order valence-corrected chi connectivity index (χ3v) is 2.66. The normalized spacial score (nSPS) is 11.9. The maximum atomic E-state index is 11.9. The molecule has 0 aromatic carbocycles. The van der Waals surface area contributed by atoms with Gasteiger partial charge in [0.1, 0.15) is 11.2 Å². The van der Waals surface area contributed by atoms with Gasteiger partial charge in [-0.25, -0.2) is 9.78 Å². The number of hydrogen-bond donors (Lipinski definition) is 1. The maximum absolute atomic E-state index is 11.9. The summed E-state index contributed by atoms with van der Waals surface area (Å²) in [5.74, 6) is -1.41. The van der Waals surface area contributed by atoms with Crippen LogP contribution in [0.4, 0.5) is 0 Å². The number of amides is 1. The first-order chi connectivity index (χ1) is 7.97. The van der Waals surface area contributed by atoms with Crippen LogP contribution in [0.2, 0.25) is 5.15 Å². The van der Waals surface area contributed by atoms with Crippen molar-refractivity contribution in [2.45, 2.75) is 19.4 Å². The quantitative estimate of drug-likeness (QED) is 0.832. The molecule has 1 amide bonds. The van der Waals surface area contributed by atoms with Crippen molar-refractivity contribution >= 4 is 23.5 Å². The number of carbonyl (C=O) groups is 2. The summed E-state index contributed by atoms with van der Waals surface area (Å²) < 4.78 is 0. The lowest BCUT2D eigenvalue weighted by Crippen LogP contribution is -2.41. The molecular formula is C11H13ClN2O3. The van der Waals surface area contributed by atoms with Gasteiger partial charge in [0.25, 0.3) is 5.91 Å². The Bertz CT molecular complexity index is 419. The molecule has 1 unspecified atom stereocenters. The number of carboxylic acids is 1. The third-order valence-electron chi connectivity index (χ3n) is 2.43. The molecule has 0 aliphatic heterocycles. The smallest absolute Gasteiger partial charge is 0.326 e. The summed E-state index contributed by atoms with van der Waals surface area (Å²) in [5.41, 5.74) is 0.316. The summed E-state index contributed by atoms with van der Waals surface area (Å²) in [5, 5.41) is 9.24. The fourth-order valence-electron chi connectivity index (χ4n) is 1.46. The second-order valence-electron chi connectivity index (χ2n) is 3.55. The number of pyridine rings is 1. The van der Waals surface area contributed by atoms with Gasteiger partial charge >= 0.3 is 5.97 Å². The first-order valence-corrected chi connectivity index (χ1v) is 5.46. The summed E-state index contributed by atoms with van der Waals surface area (Å²) in [6, 6.07) is 2.17. The van der Waals surface area contributed by atoms with Crippen LogP contribution in [-0.2, 0) is 4.79 Å². The van der Waals surface area contributed by atoms with Gasteiger partial charge in [0.05, 0.1) is 5.56 Å². The van der Waals surface area contributed by atoms with Crippen LogP contribution in [0.25, 0.3) is 0 Å². The zero-order valence-corrected chi connectivity index (χ0v) is 10.3. The molecule has 0 fully saturated rings. The summed E-state index contributed by atoms with van der Waals surface area (Å²) >= 11 is 5.61. The van der Waals surface area contributed by atoms with Crippen molar-refractivity contribution in [3.63, 3.8) is 0 Å². The second-order valence-corrected chi connectivity index (χ2v) is 3.94. The number of hydrogen-bond acceptors (Lipinski definition) is 3. The molecule has 0 aliphatic carbocycles. The van der Waals surface area contributed by atoms with E-state index in [-0.39, 0.29) is 11.1 Å². The molecule has 5 nitrogen and oxygen atoms in total. The Morgan fingerprint density at radius 2 is 2.18 bits per heavy atom. The van der Waals surface area contributed by atoms with Crippen molar-refractivity contribution in [1.82, 2.24) is 9.88 Å². The Kier molecular flexibility index (Phi) is 4.45. The van der Waals surface area contributed by atoms with E-state index in [1.54, 1.807) is 6.92 Å². The van der Waals surface area contributed by atoms with Gasteiger partial charge in [-0.15, -0.1) is 0 Å². The molecular weight excluding hydrogens is 244 g/mol. The van der Waals surface area contributed by atoms with Gasteiger partial charge in [-0.05, 0) is 18.6 Å². The fourth-order valence-corrected chi connectivity index (χ4v) is 1.57. The molecule has 1 heterocycles. The van der Waals surface area contributed by atoms with E-state index in [0.29, 0.717) is 12.0 Å². The molecule has 6 heteroatoms. The number of rotatable bonds is 4. The van der Waals surface area contributed by atoms with Crippen LogP contribution in [0.15, 0.2) is 18.3 Å². The minimum Gasteiger partial charge on any atom is -0.480 e. The molecule has 0 bridgehead atoms. The number of halogens is 1. The van der Waals surface area contributed by atoms with Gasteiger partial charge in [-0.2, -0.15) is 0 Å². The topological polar surface area (TPSA) is 70.5 Å². The average molecular weight is 257 g/mol. The third kappa shape index (κ3) is 3.17. The molecule has 1 aromatic rings. The van der Waals surface area contributed by atoms with Crippen LogP contribution in [0, 0.1) is 0 Å². The van der Waals surface area contributed by atoms with Crippen molar-refractivity contribution < 1.29 is 14.7 Å². The number of carbonyl (C=O) groups excluding carboxylic acids is 1. The van der Waals surface area contributed by atoms with Gasteiger partial charge in [0, 0.05) is 13.2 Å². The number of likely N-dealkylation sites (N-methyl/N-ethyl adjacent to an activating group) is 1. The van der Waals surface area contributed by atoms with Crippen LogP contribution in [-0.4, -0.2) is 40.0 Å². The number of aromatic nitrogens is 1. The van der Waals surface area contributed by atoms with E-state index in [0.717, 1.165) is 0 Å². The predicted octanol–water partition coefficient (Wildman–Crippen LogP) is 1.67. The minimum atomic E-state index is -1.02. The van der Waals surface area contributed by atoms with E-state index in [1.807, 2.05) is 0 Å². The van der Waals surface area contributed by atoms with E-state index in [2.05, 4.69) is 4.98 Å². The summed E-state index contributed by atoms with van der Waals surface area (Å²) in [6.45, 7) is 1.71. The van der Waals surface area contributed by atoms with Crippen molar-refractivity contribution in [3.05, 3.63) is 29.0 Å². The lowest BCUT2D eigenvalue weighted by Gasteiger charge is -2.23. The van der Waals surface area contributed by atoms with Gasteiger partial charge in [0.2, 0.25) is 0 Å². The first kappa shape index (κ1) is 13.4. The van der Waals surface area contributed by atoms with Crippen molar-refractivity contribution in [3.8, 4) is 0 Å². The summed E-state index contributed by atoms with van der Waals surface area (Å²) in [6.07, 6.45) is 1.67. The molecule has 92 valence electrons. The SMILES string of the molecule is CCC(C(=O)O)N(C)C(=O)c1ccc(Cl)nc1. The van der Waals surface area contributed by atoms with Gasteiger partial charge in [-0.1, -0.05) is 18.5 Å². The molecule has 0 saturated heterocycles. The molecule has 1 aromatic heterocycles. The van der Waals surface area contributed by atoms with Crippen LogP contribution >= 0.6 is 11.6 Å². The van der Waals surface area contributed by atoms with Crippen molar-refractivity contribution in [2.24, 2.45) is 0 Å². The van der Waals surface area contributed by atoms with Crippen molar-refractivity contribution in [2.75, 3.05) is 7.05 Å². The zero-order chi connectivity index (χ0) is 13.0. The molecule has 17 heavy (non-hydrogen) atoms. The highest BCUT2D eigenvalue weighted by Crippen LogP contribution is 2.11. The Hall–Kier alpha value is -1.62. The monoisotopic (exact) mass is 256 g/mol. The molecule has 0 spiro atoms. The number of aliphatic carboxylic acids is 1. The molecule has 0 saturated carbocycles. The first-order valence-electron chi connectivity index (χ1n) is 5.09. The van der Waals surface area contributed by atoms with Gasteiger partial charge in [-0.3, -0.25) is 4.79 Å². The molecule has 1 atom stereocenters. The minimum absolute atomic E-state index is 0.287. The van der Waals surface area contributed by atoms with Crippen LogP contribution in [0.3, 0.4) is 0 Å². The van der Waals surface area contributed by atoms with E-state index in [9.17, 15) is 9.59 Å². The molecule has 0 radical (unpaired) electrons. The lowest BCUT2D eigenvalue weighted by molar-refractivity contribution is -0.142. The number of carboxylic acid groups (broad SMARTS) is 1. The van der Waals surface area contributed by atoms with Crippen LogP contribution in [0.5, 0.6) is 0 Å². The van der Waals surface area contributed by atoms with E-state index < -0.39 is 12.0 Å². The molecule has 1 rings (SSSR count). The fraction of sp³-hybridized carbons (Fsp3) is 0.364. The van der Waals surface area contributed by atoms with Crippen LogP contribution < -0.4 is 0 Å².